The molecule has 0 heterocycles. The Hall–Kier alpha value is -0.170. The molecule has 20 heavy (non-hydrogen) atoms. The maximum atomic E-state index is 12.2. The first-order chi connectivity index (χ1) is 9.51. The highest BCUT2D eigenvalue weighted by Gasteiger charge is 2.19. The molecule has 0 unspecified atom stereocenters. The topological polar surface area (TPSA) is 52.7 Å². The third-order valence-corrected chi connectivity index (χ3v) is 5.63. The summed E-state index contributed by atoms with van der Waals surface area (Å²) in [7, 11) is -1.19. The Kier molecular flexibility index (Phi) is 11.4. The Morgan fingerprint density at radius 3 is 2.05 bits per heavy atom. The van der Waals surface area contributed by atoms with E-state index in [1.165, 1.54) is 0 Å². The van der Waals surface area contributed by atoms with E-state index in [4.69, 9.17) is 0 Å². The average Bonchev–Trinajstić information content (AvgIpc) is 2.43. The van der Waals surface area contributed by atoms with Gasteiger partial charge in [-0.2, -0.15) is 0 Å². The zero-order valence-corrected chi connectivity index (χ0v) is 14.5. The predicted molar refractivity (Wildman–Crippen MR) is 86.6 cm³/mol. The van der Waals surface area contributed by atoms with Crippen LogP contribution in [-0.2, 0) is 10.0 Å². The van der Waals surface area contributed by atoms with E-state index in [9.17, 15) is 8.42 Å². The zero-order chi connectivity index (χ0) is 15.4. The molecule has 0 rings (SSSR count). The highest BCUT2D eigenvalue weighted by Crippen LogP contribution is 2.06. The lowest BCUT2D eigenvalue weighted by Gasteiger charge is -2.23. The maximum absolute atomic E-state index is 12.2. The second-order valence-corrected chi connectivity index (χ2v) is 7.09. The molecule has 0 aliphatic rings. The number of hydrogen-bond donors (Lipinski definition) is 1. The monoisotopic (exact) mass is 307 g/mol. The van der Waals surface area contributed by atoms with Crippen LogP contribution in [0.25, 0.3) is 0 Å². The number of sulfonamides is 1. The van der Waals surface area contributed by atoms with Crippen molar-refractivity contribution in [2.45, 2.75) is 40.0 Å². The first-order valence-corrected chi connectivity index (χ1v) is 9.47. The van der Waals surface area contributed by atoms with Crippen molar-refractivity contribution in [1.82, 2.24) is 14.5 Å². The van der Waals surface area contributed by atoms with E-state index in [1.807, 2.05) is 14.0 Å². The molecule has 0 amide bonds. The van der Waals surface area contributed by atoms with Gasteiger partial charge in [-0.05, 0) is 52.5 Å². The van der Waals surface area contributed by atoms with Gasteiger partial charge in [-0.1, -0.05) is 20.8 Å². The van der Waals surface area contributed by atoms with Crippen LogP contribution >= 0.6 is 0 Å². The molecule has 0 bridgehead atoms. The van der Waals surface area contributed by atoms with Crippen molar-refractivity contribution in [1.29, 1.82) is 0 Å². The number of rotatable bonds is 13. The van der Waals surface area contributed by atoms with E-state index >= 15 is 0 Å². The fourth-order valence-electron chi connectivity index (χ4n) is 2.22. The standard InChI is InChI=1S/C14H33N3O2S/c1-5-16(6-2)12-10-13-17(7-3)20(18,19)14-9-8-11-15-4/h15H,5-14H2,1-4H3. The lowest BCUT2D eigenvalue weighted by Crippen LogP contribution is -2.36. The highest BCUT2D eigenvalue weighted by atomic mass is 32.2. The van der Waals surface area contributed by atoms with Crippen LogP contribution in [0.3, 0.4) is 0 Å². The number of nitrogens with one attached hydrogen (secondary N) is 1. The molecule has 5 nitrogen and oxygen atoms in total. The van der Waals surface area contributed by atoms with E-state index < -0.39 is 10.0 Å². The first kappa shape index (κ1) is 19.8. The third-order valence-electron chi connectivity index (χ3n) is 3.60. The molecule has 0 aromatic carbocycles. The lowest BCUT2D eigenvalue weighted by molar-refractivity contribution is 0.285. The van der Waals surface area contributed by atoms with E-state index in [0.717, 1.165) is 45.4 Å². The number of hydrogen-bond acceptors (Lipinski definition) is 4. The summed E-state index contributed by atoms with van der Waals surface area (Å²) in [5.74, 6) is 0.272. The fourth-order valence-corrected chi connectivity index (χ4v) is 3.85. The molecule has 0 aromatic heterocycles. The molecular formula is C14H33N3O2S. The molecule has 0 radical (unpaired) electrons. The Balaban J connectivity index is 4.15. The molecule has 0 aliphatic carbocycles. The van der Waals surface area contributed by atoms with Crippen molar-refractivity contribution >= 4 is 10.0 Å². The van der Waals surface area contributed by atoms with Gasteiger partial charge in [-0.25, -0.2) is 12.7 Å². The maximum Gasteiger partial charge on any atom is 0.214 e. The SMILES string of the molecule is CCN(CC)CCCN(CC)S(=O)(=O)CCCCNC. The highest BCUT2D eigenvalue weighted by molar-refractivity contribution is 7.89. The van der Waals surface area contributed by atoms with Crippen LogP contribution in [0.4, 0.5) is 0 Å². The minimum Gasteiger partial charge on any atom is -0.320 e. The molecule has 122 valence electrons. The van der Waals surface area contributed by atoms with Gasteiger partial charge in [0.1, 0.15) is 0 Å². The van der Waals surface area contributed by atoms with Gasteiger partial charge in [-0.15, -0.1) is 0 Å². The summed E-state index contributed by atoms with van der Waals surface area (Å²) in [4.78, 5) is 2.33. The summed E-state index contributed by atoms with van der Waals surface area (Å²) in [5, 5.41) is 3.04. The summed E-state index contributed by atoms with van der Waals surface area (Å²) in [6.45, 7) is 11.3. The molecule has 0 fully saturated rings. The molecule has 1 N–H and O–H groups in total. The molecule has 0 spiro atoms. The summed E-state index contributed by atoms with van der Waals surface area (Å²) in [6.07, 6.45) is 2.55. The fraction of sp³-hybridized carbons (Fsp3) is 1.00. The van der Waals surface area contributed by atoms with Gasteiger partial charge in [0.2, 0.25) is 10.0 Å². The molecule has 0 saturated heterocycles. The van der Waals surface area contributed by atoms with Gasteiger partial charge in [0.15, 0.2) is 0 Å². The van der Waals surface area contributed by atoms with Crippen molar-refractivity contribution in [2.75, 3.05) is 52.1 Å². The first-order valence-electron chi connectivity index (χ1n) is 7.86. The molecular weight excluding hydrogens is 274 g/mol. The van der Waals surface area contributed by atoms with Crippen molar-refractivity contribution < 1.29 is 8.42 Å². The summed E-state index contributed by atoms with van der Waals surface area (Å²) < 4.78 is 26.1. The minimum absolute atomic E-state index is 0.272. The van der Waals surface area contributed by atoms with Crippen molar-refractivity contribution in [3.63, 3.8) is 0 Å². The van der Waals surface area contributed by atoms with Gasteiger partial charge in [0.25, 0.3) is 0 Å². The largest absolute Gasteiger partial charge is 0.320 e. The Morgan fingerprint density at radius 1 is 0.900 bits per heavy atom. The lowest BCUT2D eigenvalue weighted by atomic mass is 10.3. The normalized spacial score (nSPS) is 12.5. The Bertz CT molecular complexity index is 316. The van der Waals surface area contributed by atoms with Crippen LogP contribution in [-0.4, -0.2) is 69.7 Å². The van der Waals surface area contributed by atoms with Crippen LogP contribution < -0.4 is 5.32 Å². The van der Waals surface area contributed by atoms with E-state index in [1.54, 1.807) is 4.31 Å². The van der Waals surface area contributed by atoms with Crippen LogP contribution in [0, 0.1) is 0 Å². The summed E-state index contributed by atoms with van der Waals surface area (Å²) in [6, 6.07) is 0. The van der Waals surface area contributed by atoms with Crippen molar-refractivity contribution in [3.8, 4) is 0 Å². The van der Waals surface area contributed by atoms with Crippen LogP contribution in [0.2, 0.25) is 0 Å². The van der Waals surface area contributed by atoms with Gasteiger partial charge in [-0.3, -0.25) is 0 Å². The van der Waals surface area contributed by atoms with E-state index in [0.29, 0.717) is 13.1 Å². The molecule has 0 atom stereocenters. The summed E-state index contributed by atoms with van der Waals surface area (Å²) in [5.41, 5.74) is 0. The smallest absolute Gasteiger partial charge is 0.214 e. The van der Waals surface area contributed by atoms with Gasteiger partial charge in [0, 0.05) is 13.1 Å². The van der Waals surface area contributed by atoms with Crippen LogP contribution in [0.15, 0.2) is 0 Å². The van der Waals surface area contributed by atoms with Crippen LogP contribution in [0.1, 0.15) is 40.0 Å². The number of nitrogens with zero attached hydrogens (tertiary/aromatic N) is 2. The molecule has 0 aliphatic heterocycles. The quantitative estimate of drug-likeness (QED) is 0.522. The van der Waals surface area contributed by atoms with Gasteiger partial charge < -0.3 is 10.2 Å². The molecule has 0 aromatic rings. The minimum atomic E-state index is -3.08. The third kappa shape index (κ3) is 8.19. The molecule has 0 saturated carbocycles. The molecule has 6 heteroatoms. The Morgan fingerprint density at radius 2 is 1.55 bits per heavy atom. The predicted octanol–water partition coefficient (Wildman–Crippen LogP) is 1.37. The van der Waals surface area contributed by atoms with Crippen LogP contribution in [0.5, 0.6) is 0 Å². The second kappa shape index (κ2) is 11.5. The zero-order valence-electron chi connectivity index (χ0n) is 13.7. The van der Waals surface area contributed by atoms with E-state index in [-0.39, 0.29) is 5.75 Å². The number of unbranched alkanes of at least 4 members (excludes halogenated alkanes) is 1. The van der Waals surface area contributed by atoms with Gasteiger partial charge in [0.05, 0.1) is 5.75 Å². The van der Waals surface area contributed by atoms with Crippen molar-refractivity contribution in [2.24, 2.45) is 0 Å². The van der Waals surface area contributed by atoms with E-state index in [2.05, 4.69) is 24.1 Å². The Labute approximate surface area is 125 Å². The second-order valence-electron chi connectivity index (χ2n) is 5.00. The average molecular weight is 308 g/mol. The summed E-state index contributed by atoms with van der Waals surface area (Å²) >= 11 is 0. The van der Waals surface area contributed by atoms with Gasteiger partial charge >= 0.3 is 0 Å². The van der Waals surface area contributed by atoms with Crippen molar-refractivity contribution in [3.05, 3.63) is 0 Å².